The Balaban J connectivity index is 2.35. The number of fused-ring (bicyclic) bond motifs is 1. The van der Waals surface area contributed by atoms with Gasteiger partial charge in [0.25, 0.3) is 5.91 Å². The molecule has 0 saturated carbocycles. The van der Waals surface area contributed by atoms with E-state index in [0.29, 0.717) is 12.1 Å². The highest BCUT2D eigenvalue weighted by molar-refractivity contribution is 14.2. The van der Waals surface area contributed by atoms with Crippen molar-refractivity contribution in [1.29, 1.82) is 0 Å². The number of carbonyl (C=O) groups excluding carboxylic acids is 1. The average molecular weight is 304 g/mol. The quantitative estimate of drug-likeness (QED) is 0.806. The van der Waals surface area contributed by atoms with Crippen LogP contribution >= 0.6 is 20.7 Å². The largest absolute Gasteiger partial charge is 0.395 e. The van der Waals surface area contributed by atoms with Crippen molar-refractivity contribution in [2.75, 3.05) is 13.2 Å². The predicted octanol–water partition coefficient (Wildman–Crippen LogP) is 0.430. The van der Waals surface area contributed by atoms with Crippen molar-refractivity contribution in [3.63, 3.8) is 0 Å². The number of carbonyl (C=O) groups is 1. The van der Waals surface area contributed by atoms with Crippen LogP contribution in [0.15, 0.2) is 18.5 Å². The van der Waals surface area contributed by atoms with E-state index >= 15 is 0 Å². The van der Waals surface area contributed by atoms with E-state index in [1.54, 1.807) is 17.3 Å². The zero-order valence-electron chi connectivity index (χ0n) is 7.35. The third-order valence-electron chi connectivity index (χ3n) is 1.88. The predicted molar refractivity (Wildman–Crippen MR) is 61.1 cm³/mol. The van der Waals surface area contributed by atoms with E-state index in [1.807, 2.05) is 10.2 Å². The fourth-order valence-corrected chi connectivity index (χ4v) is 3.44. The lowest BCUT2D eigenvalue weighted by atomic mass is 10.2. The van der Waals surface area contributed by atoms with E-state index in [0.717, 1.165) is 3.57 Å². The molecule has 0 spiro atoms. The summed E-state index contributed by atoms with van der Waals surface area (Å²) in [6.45, 7) is 0.383. The number of aromatic nitrogens is 1. The van der Waals surface area contributed by atoms with Gasteiger partial charge in [-0.3, -0.25) is 9.78 Å². The minimum absolute atomic E-state index is 0.00156. The molecule has 2 heterocycles. The summed E-state index contributed by atoms with van der Waals surface area (Å²) < 4.78 is 3.03. The third-order valence-corrected chi connectivity index (χ3v) is 4.45. The molecule has 0 aromatic carbocycles. The van der Waals surface area contributed by atoms with Gasteiger partial charge in [0.15, 0.2) is 0 Å². The van der Waals surface area contributed by atoms with Gasteiger partial charge in [-0.2, -0.15) is 0 Å². The van der Waals surface area contributed by atoms with Crippen LogP contribution in [0.1, 0.15) is 10.4 Å². The molecule has 1 aromatic heterocycles. The summed E-state index contributed by atoms with van der Waals surface area (Å²) in [6, 6.07) is 1.90. The van der Waals surface area contributed by atoms with Crippen molar-refractivity contribution in [3.05, 3.63) is 27.6 Å². The molecule has 14 heavy (non-hydrogen) atoms. The number of aliphatic hydroxyl groups is 1. The van der Waals surface area contributed by atoms with Crippen molar-refractivity contribution in [2.45, 2.75) is 0 Å². The zero-order valence-corrected chi connectivity index (χ0v) is 9.51. The van der Waals surface area contributed by atoms with Crippen LogP contribution in [0.3, 0.4) is 0 Å². The molecule has 1 aliphatic rings. The maximum Gasteiger partial charge on any atom is 0.260 e. The lowest BCUT2D eigenvalue weighted by Crippen LogP contribution is -2.34. The van der Waals surface area contributed by atoms with Gasteiger partial charge in [-0.1, -0.05) is 20.7 Å². The fourth-order valence-electron chi connectivity index (χ4n) is 1.20. The Morgan fingerprint density at radius 2 is 2.43 bits per heavy atom. The summed E-state index contributed by atoms with van der Waals surface area (Å²) in [5.74, 6) is -0.0481. The van der Waals surface area contributed by atoms with Gasteiger partial charge in [-0.15, -0.1) is 0 Å². The molecule has 0 bridgehead atoms. The van der Waals surface area contributed by atoms with Crippen LogP contribution in [0, 0.1) is 3.57 Å². The van der Waals surface area contributed by atoms with Gasteiger partial charge >= 0.3 is 0 Å². The molecule has 1 N–H and O–H groups in total. The van der Waals surface area contributed by atoms with Gasteiger partial charge < -0.3 is 10.0 Å². The van der Waals surface area contributed by atoms with Gasteiger partial charge in [-0.05, 0) is 6.07 Å². The molecule has 0 unspecified atom stereocenters. The van der Waals surface area contributed by atoms with Crippen LogP contribution in [0.5, 0.6) is 0 Å². The second-order valence-corrected chi connectivity index (χ2v) is 5.13. The Kier molecular flexibility index (Phi) is 2.87. The molecule has 1 aromatic rings. The van der Waals surface area contributed by atoms with E-state index in [2.05, 4.69) is 4.98 Å². The molecule has 0 fully saturated rings. The second-order valence-electron chi connectivity index (χ2n) is 2.78. The van der Waals surface area contributed by atoms with Gasteiger partial charge in [0.2, 0.25) is 0 Å². The lowest BCUT2D eigenvalue weighted by molar-refractivity contribution is 0.0832. The van der Waals surface area contributed by atoms with Crippen LogP contribution in [-0.4, -0.2) is 38.2 Å². The first-order chi connectivity index (χ1) is 6.83. The number of rotatable bonds is 2. The maximum absolute atomic E-state index is 11.8. The number of pyridine rings is 1. The number of hydrogen-bond donors (Lipinski definition) is 1. The Morgan fingerprint density at radius 3 is 3.21 bits per heavy atom. The van der Waals surface area contributed by atoms with E-state index in [4.69, 9.17) is 5.11 Å². The molecule has 74 valence electrons. The minimum Gasteiger partial charge on any atom is -0.395 e. The Labute approximate surface area is 91.3 Å². The first-order valence-corrected chi connectivity index (χ1v) is 6.48. The highest BCUT2D eigenvalue weighted by Gasteiger charge is 2.20. The summed E-state index contributed by atoms with van der Waals surface area (Å²) in [4.78, 5) is 17.3. The van der Waals surface area contributed by atoms with Crippen molar-refractivity contribution >= 4 is 30.8 Å². The van der Waals surface area contributed by atoms with Crippen LogP contribution < -0.4 is 0 Å². The lowest BCUT2D eigenvalue weighted by Gasteiger charge is -2.21. The molecule has 1 amide bonds. The van der Waals surface area contributed by atoms with Crippen molar-refractivity contribution in [1.82, 2.24) is 9.88 Å². The van der Waals surface area contributed by atoms with Crippen LogP contribution in [0.25, 0.3) is 0 Å². The number of aliphatic hydroxyl groups excluding tert-OH is 1. The molecule has 5 heteroatoms. The molecule has 0 radical (unpaired) electrons. The third kappa shape index (κ3) is 1.69. The molecule has 4 nitrogen and oxygen atoms in total. The summed E-state index contributed by atoms with van der Waals surface area (Å²) in [5.41, 5.74) is 0.691. The standard InChI is InChI=1S/C9H9IN2O2/c13-4-3-12-6-10-8-1-2-11-5-7(8)9(12)14/h1-2,5-6,13H,3-4H2. The average Bonchev–Trinajstić information content (AvgIpc) is 2.23. The van der Waals surface area contributed by atoms with E-state index < -0.39 is 0 Å². The highest BCUT2D eigenvalue weighted by Crippen LogP contribution is 2.21. The van der Waals surface area contributed by atoms with Gasteiger partial charge in [0, 0.05) is 26.6 Å². The van der Waals surface area contributed by atoms with E-state index in [9.17, 15) is 4.79 Å². The molecule has 2 rings (SSSR count). The van der Waals surface area contributed by atoms with E-state index in [1.165, 1.54) is 0 Å². The summed E-state index contributed by atoms with van der Waals surface area (Å²) in [6.07, 6.45) is 3.32. The van der Waals surface area contributed by atoms with Crippen LogP contribution in [-0.2, 0) is 0 Å². The van der Waals surface area contributed by atoms with Gasteiger partial charge in [-0.25, -0.2) is 0 Å². The summed E-state index contributed by atoms with van der Waals surface area (Å²) >= 11 is -0.256. The molecule has 0 atom stereocenters. The number of nitrogens with zero attached hydrogens (tertiary/aromatic N) is 2. The smallest absolute Gasteiger partial charge is 0.260 e. The fraction of sp³-hybridized carbons (Fsp3) is 0.222. The van der Waals surface area contributed by atoms with E-state index in [-0.39, 0.29) is 33.2 Å². The van der Waals surface area contributed by atoms with Crippen molar-refractivity contribution < 1.29 is 9.90 Å². The van der Waals surface area contributed by atoms with Crippen molar-refractivity contribution in [3.8, 4) is 0 Å². The Bertz CT molecular complexity index is 392. The molecule has 1 aliphatic heterocycles. The number of hydrogen-bond acceptors (Lipinski definition) is 3. The van der Waals surface area contributed by atoms with Gasteiger partial charge in [0.05, 0.1) is 12.2 Å². The normalized spacial score (nSPS) is 14.9. The minimum atomic E-state index is -0.256. The maximum atomic E-state index is 11.8. The SMILES string of the molecule is O=C1c2cnccc2I=CN1CCO. The molecule has 0 saturated heterocycles. The number of amides is 1. The molecular weight excluding hydrogens is 295 g/mol. The van der Waals surface area contributed by atoms with Crippen molar-refractivity contribution in [2.24, 2.45) is 0 Å². The number of halogens is 1. The highest BCUT2D eigenvalue weighted by atomic mass is 127. The number of β-amino-alcohol motifs (C(OH)–C–C–N with tert-alkyl or cyclic N) is 1. The molecule has 0 aliphatic carbocycles. The zero-order chi connectivity index (χ0) is 9.97. The second kappa shape index (κ2) is 4.14. The first-order valence-electron chi connectivity index (χ1n) is 4.15. The van der Waals surface area contributed by atoms with Gasteiger partial charge in [0.1, 0.15) is 0 Å². The van der Waals surface area contributed by atoms with Crippen LogP contribution in [0.4, 0.5) is 0 Å². The first kappa shape index (κ1) is 9.72. The molecular formula is C9H9IN2O2. The Morgan fingerprint density at radius 1 is 1.57 bits per heavy atom. The summed E-state index contributed by atoms with van der Waals surface area (Å²) in [5, 5.41) is 8.77. The topological polar surface area (TPSA) is 53.4 Å². The summed E-state index contributed by atoms with van der Waals surface area (Å²) in [7, 11) is 0. The monoisotopic (exact) mass is 304 g/mol. The Hall–Kier alpha value is -0.820. The van der Waals surface area contributed by atoms with Crippen LogP contribution in [0.2, 0.25) is 0 Å².